The maximum absolute atomic E-state index is 12.6. The van der Waals surface area contributed by atoms with Crippen LogP contribution in [0.2, 0.25) is 0 Å². The predicted octanol–water partition coefficient (Wildman–Crippen LogP) is 2.54. The SMILES string of the molecule is NC1CCCC1C(=O)c1cccc2ncccc12. The summed E-state index contributed by atoms with van der Waals surface area (Å²) in [4.78, 5) is 16.8. The Morgan fingerprint density at radius 2 is 2.11 bits per heavy atom. The highest BCUT2D eigenvalue weighted by atomic mass is 16.1. The molecule has 1 aliphatic carbocycles. The summed E-state index contributed by atoms with van der Waals surface area (Å²) in [6.45, 7) is 0. The largest absolute Gasteiger partial charge is 0.327 e. The first-order valence-corrected chi connectivity index (χ1v) is 6.41. The van der Waals surface area contributed by atoms with Crippen LogP contribution in [0, 0.1) is 5.92 Å². The Morgan fingerprint density at radius 3 is 2.89 bits per heavy atom. The molecule has 1 fully saturated rings. The third kappa shape index (κ3) is 1.81. The number of ketones is 1. The van der Waals surface area contributed by atoms with E-state index < -0.39 is 0 Å². The van der Waals surface area contributed by atoms with Crippen molar-refractivity contribution in [3.8, 4) is 0 Å². The maximum atomic E-state index is 12.6. The van der Waals surface area contributed by atoms with Crippen LogP contribution in [-0.2, 0) is 0 Å². The first-order valence-electron chi connectivity index (χ1n) is 6.41. The van der Waals surface area contributed by atoms with Crippen LogP contribution in [-0.4, -0.2) is 16.8 Å². The van der Waals surface area contributed by atoms with E-state index in [2.05, 4.69) is 4.98 Å². The summed E-state index contributed by atoms with van der Waals surface area (Å²) in [5.41, 5.74) is 7.66. The number of fused-ring (bicyclic) bond motifs is 1. The van der Waals surface area contributed by atoms with Crippen molar-refractivity contribution in [3.63, 3.8) is 0 Å². The summed E-state index contributed by atoms with van der Waals surface area (Å²) < 4.78 is 0. The molecule has 0 aliphatic heterocycles. The molecule has 1 aromatic heterocycles. The molecule has 2 N–H and O–H groups in total. The number of carbonyl (C=O) groups is 1. The standard InChI is InChI=1S/C15H16N2O/c16-13-7-1-5-12(13)15(18)11-4-2-8-14-10(11)6-3-9-17-14/h2-4,6,8-9,12-13H,1,5,7,16H2. The van der Waals surface area contributed by atoms with Crippen molar-refractivity contribution in [2.45, 2.75) is 25.3 Å². The number of hydrogen-bond donors (Lipinski definition) is 1. The van der Waals surface area contributed by atoms with E-state index in [-0.39, 0.29) is 17.7 Å². The van der Waals surface area contributed by atoms with Crippen molar-refractivity contribution in [1.29, 1.82) is 0 Å². The molecular weight excluding hydrogens is 224 g/mol. The Morgan fingerprint density at radius 1 is 1.22 bits per heavy atom. The Kier molecular flexibility index (Phi) is 2.84. The topological polar surface area (TPSA) is 56.0 Å². The molecule has 0 bridgehead atoms. The molecular formula is C15H16N2O. The summed E-state index contributed by atoms with van der Waals surface area (Å²) in [5, 5.41) is 0.934. The lowest BCUT2D eigenvalue weighted by Gasteiger charge is -2.15. The second-order valence-corrected chi connectivity index (χ2v) is 4.94. The molecule has 1 aromatic carbocycles. The van der Waals surface area contributed by atoms with Crippen LogP contribution in [0.3, 0.4) is 0 Å². The summed E-state index contributed by atoms with van der Waals surface area (Å²) >= 11 is 0. The van der Waals surface area contributed by atoms with Gasteiger partial charge in [0, 0.05) is 29.1 Å². The molecule has 0 amide bonds. The molecule has 2 atom stereocenters. The number of nitrogens with zero attached hydrogens (tertiary/aromatic N) is 1. The number of pyridine rings is 1. The van der Waals surface area contributed by atoms with Gasteiger partial charge >= 0.3 is 0 Å². The predicted molar refractivity (Wildman–Crippen MR) is 71.4 cm³/mol. The smallest absolute Gasteiger partial charge is 0.168 e. The van der Waals surface area contributed by atoms with Gasteiger partial charge in [-0.25, -0.2) is 0 Å². The summed E-state index contributed by atoms with van der Waals surface area (Å²) in [6.07, 6.45) is 4.68. The lowest BCUT2D eigenvalue weighted by Crippen LogP contribution is -2.30. The van der Waals surface area contributed by atoms with E-state index in [4.69, 9.17) is 5.73 Å². The van der Waals surface area contributed by atoms with E-state index >= 15 is 0 Å². The third-order valence-electron chi connectivity index (χ3n) is 3.82. The fraction of sp³-hybridized carbons (Fsp3) is 0.333. The Bertz CT molecular complexity index is 589. The molecule has 1 heterocycles. The summed E-state index contributed by atoms with van der Waals surface area (Å²) in [7, 11) is 0. The van der Waals surface area contributed by atoms with Crippen molar-refractivity contribution in [1.82, 2.24) is 4.98 Å². The molecule has 92 valence electrons. The van der Waals surface area contributed by atoms with E-state index in [1.807, 2.05) is 30.3 Å². The third-order valence-corrected chi connectivity index (χ3v) is 3.82. The molecule has 1 aliphatic rings. The van der Waals surface area contributed by atoms with Crippen molar-refractivity contribution in [2.24, 2.45) is 11.7 Å². The molecule has 0 radical (unpaired) electrons. The second-order valence-electron chi connectivity index (χ2n) is 4.94. The van der Waals surface area contributed by atoms with E-state index in [0.717, 1.165) is 35.7 Å². The minimum atomic E-state index is -0.0178. The number of hydrogen-bond acceptors (Lipinski definition) is 3. The fourth-order valence-corrected chi connectivity index (χ4v) is 2.83. The van der Waals surface area contributed by atoms with Crippen LogP contribution < -0.4 is 5.73 Å². The van der Waals surface area contributed by atoms with Crippen LogP contribution in [0.15, 0.2) is 36.5 Å². The van der Waals surface area contributed by atoms with E-state index in [0.29, 0.717) is 0 Å². The highest BCUT2D eigenvalue weighted by Gasteiger charge is 2.31. The van der Waals surface area contributed by atoms with Gasteiger partial charge in [0.1, 0.15) is 0 Å². The van der Waals surface area contributed by atoms with Gasteiger partial charge in [0.25, 0.3) is 0 Å². The van der Waals surface area contributed by atoms with Crippen LogP contribution in [0.4, 0.5) is 0 Å². The molecule has 1 saturated carbocycles. The highest BCUT2D eigenvalue weighted by molar-refractivity contribution is 6.08. The van der Waals surface area contributed by atoms with Gasteiger partial charge in [-0.05, 0) is 25.0 Å². The molecule has 3 nitrogen and oxygen atoms in total. The van der Waals surface area contributed by atoms with Gasteiger partial charge in [-0.15, -0.1) is 0 Å². The van der Waals surface area contributed by atoms with Gasteiger partial charge in [0.2, 0.25) is 0 Å². The monoisotopic (exact) mass is 240 g/mol. The molecule has 18 heavy (non-hydrogen) atoms. The molecule has 3 rings (SSSR count). The lowest BCUT2D eigenvalue weighted by atomic mass is 9.91. The van der Waals surface area contributed by atoms with Crippen LogP contribution >= 0.6 is 0 Å². The fourth-order valence-electron chi connectivity index (χ4n) is 2.83. The lowest BCUT2D eigenvalue weighted by molar-refractivity contribution is 0.0915. The molecule has 2 aromatic rings. The van der Waals surface area contributed by atoms with Crippen LogP contribution in [0.5, 0.6) is 0 Å². The second kappa shape index (κ2) is 4.50. The van der Waals surface area contributed by atoms with Gasteiger partial charge in [0.15, 0.2) is 5.78 Å². The summed E-state index contributed by atoms with van der Waals surface area (Å²) in [5.74, 6) is 0.161. The van der Waals surface area contributed by atoms with Gasteiger partial charge in [-0.1, -0.05) is 24.6 Å². The minimum absolute atomic E-state index is 0.0178. The first-order chi connectivity index (χ1) is 8.77. The molecule has 3 heteroatoms. The van der Waals surface area contributed by atoms with Gasteiger partial charge < -0.3 is 5.73 Å². The van der Waals surface area contributed by atoms with Crippen LogP contribution in [0.25, 0.3) is 10.9 Å². The van der Waals surface area contributed by atoms with Gasteiger partial charge in [-0.3, -0.25) is 9.78 Å². The number of benzene rings is 1. The maximum Gasteiger partial charge on any atom is 0.168 e. The minimum Gasteiger partial charge on any atom is -0.327 e. The number of carbonyl (C=O) groups excluding carboxylic acids is 1. The van der Waals surface area contributed by atoms with Gasteiger partial charge in [0.05, 0.1) is 5.52 Å². The molecule has 0 saturated heterocycles. The Hall–Kier alpha value is -1.74. The number of aromatic nitrogens is 1. The Labute approximate surface area is 106 Å². The quantitative estimate of drug-likeness (QED) is 0.821. The van der Waals surface area contributed by atoms with E-state index in [1.165, 1.54) is 0 Å². The Balaban J connectivity index is 2.06. The normalized spacial score (nSPS) is 23.4. The van der Waals surface area contributed by atoms with Crippen molar-refractivity contribution < 1.29 is 4.79 Å². The number of Topliss-reactive ketones (excluding diaryl/α,β-unsaturated/α-hetero) is 1. The zero-order chi connectivity index (χ0) is 12.5. The number of rotatable bonds is 2. The summed E-state index contributed by atoms with van der Waals surface area (Å²) in [6, 6.07) is 9.55. The van der Waals surface area contributed by atoms with E-state index in [9.17, 15) is 4.79 Å². The molecule has 2 unspecified atom stereocenters. The molecule has 0 spiro atoms. The average Bonchev–Trinajstić information content (AvgIpc) is 2.83. The average molecular weight is 240 g/mol. The zero-order valence-electron chi connectivity index (χ0n) is 10.2. The van der Waals surface area contributed by atoms with E-state index in [1.54, 1.807) is 6.20 Å². The van der Waals surface area contributed by atoms with Gasteiger partial charge in [-0.2, -0.15) is 0 Å². The number of nitrogens with two attached hydrogens (primary N) is 1. The van der Waals surface area contributed by atoms with Crippen LogP contribution in [0.1, 0.15) is 29.6 Å². The highest BCUT2D eigenvalue weighted by Crippen LogP contribution is 2.29. The van der Waals surface area contributed by atoms with Crippen molar-refractivity contribution >= 4 is 16.7 Å². The zero-order valence-corrected chi connectivity index (χ0v) is 10.2. The first kappa shape index (κ1) is 11.4. The van der Waals surface area contributed by atoms with Crippen molar-refractivity contribution in [2.75, 3.05) is 0 Å². The van der Waals surface area contributed by atoms with Crippen molar-refractivity contribution in [3.05, 3.63) is 42.1 Å².